The van der Waals surface area contributed by atoms with Crippen molar-refractivity contribution < 1.29 is 14.0 Å². The standard InChI is InChI=1S/C9H11N2O3P/c10-6-7-11-8-15(12,13)14-9-4-2-1-3-5-9/h1-5,11H,7-8H2,(H,12,13)/p-1. The quantitative estimate of drug-likeness (QED) is 0.452. The van der Waals surface area contributed by atoms with Gasteiger partial charge in [-0.05, 0) is 12.1 Å². The molecule has 0 amide bonds. The zero-order valence-electron chi connectivity index (χ0n) is 7.92. The van der Waals surface area contributed by atoms with Crippen molar-refractivity contribution in [1.82, 2.24) is 5.32 Å². The molecule has 0 aliphatic heterocycles. The number of rotatable bonds is 5. The Balaban J connectivity index is 2.50. The van der Waals surface area contributed by atoms with Gasteiger partial charge in [0.15, 0.2) is 7.60 Å². The summed E-state index contributed by atoms with van der Waals surface area (Å²) < 4.78 is 16.1. The summed E-state index contributed by atoms with van der Waals surface area (Å²) in [4.78, 5) is 11.3. The van der Waals surface area contributed by atoms with E-state index >= 15 is 0 Å². The molecule has 0 spiro atoms. The van der Waals surface area contributed by atoms with Crippen molar-refractivity contribution in [1.29, 1.82) is 5.26 Å². The summed E-state index contributed by atoms with van der Waals surface area (Å²) in [6, 6.07) is 10.00. The van der Waals surface area contributed by atoms with Gasteiger partial charge in [0.05, 0.1) is 18.9 Å². The molecule has 0 aliphatic rings. The van der Waals surface area contributed by atoms with E-state index in [2.05, 4.69) is 5.32 Å². The van der Waals surface area contributed by atoms with E-state index in [9.17, 15) is 9.46 Å². The van der Waals surface area contributed by atoms with Gasteiger partial charge in [-0.15, -0.1) is 0 Å². The van der Waals surface area contributed by atoms with Crippen LogP contribution in [0.5, 0.6) is 5.75 Å². The maximum atomic E-state index is 11.3. The molecular formula is C9H10N2O3P-. The van der Waals surface area contributed by atoms with Crippen LogP contribution in [0, 0.1) is 11.3 Å². The normalized spacial score (nSPS) is 13.9. The Morgan fingerprint density at radius 1 is 1.47 bits per heavy atom. The highest BCUT2D eigenvalue weighted by Crippen LogP contribution is 2.36. The molecule has 1 rings (SSSR count). The molecule has 0 heterocycles. The van der Waals surface area contributed by atoms with Gasteiger partial charge < -0.3 is 9.42 Å². The van der Waals surface area contributed by atoms with Crippen LogP contribution in [0.1, 0.15) is 0 Å². The summed E-state index contributed by atoms with van der Waals surface area (Å²) in [5, 5.41) is 10.6. The molecule has 0 aliphatic carbocycles. The number of nitriles is 1. The molecule has 1 atom stereocenters. The Labute approximate surface area is 87.8 Å². The molecule has 1 aromatic rings. The molecule has 1 N–H and O–H groups in total. The molecular weight excluding hydrogens is 215 g/mol. The van der Waals surface area contributed by atoms with Gasteiger partial charge in [0.1, 0.15) is 5.75 Å². The maximum Gasteiger partial charge on any atom is 0.198 e. The summed E-state index contributed by atoms with van der Waals surface area (Å²) in [6.45, 7) is -0.0234. The molecule has 0 fully saturated rings. The van der Waals surface area contributed by atoms with E-state index in [1.54, 1.807) is 36.4 Å². The fourth-order valence-corrected chi connectivity index (χ4v) is 1.82. The number of nitrogens with zero attached hydrogens (tertiary/aromatic N) is 1. The second kappa shape index (κ2) is 5.52. The predicted molar refractivity (Wildman–Crippen MR) is 53.2 cm³/mol. The maximum absolute atomic E-state index is 11.3. The van der Waals surface area contributed by atoms with Gasteiger partial charge >= 0.3 is 0 Å². The molecule has 80 valence electrons. The number of nitrogens with one attached hydrogen (secondary N) is 1. The Morgan fingerprint density at radius 2 is 2.13 bits per heavy atom. The van der Waals surface area contributed by atoms with Gasteiger partial charge in [-0.2, -0.15) is 5.26 Å². The largest absolute Gasteiger partial charge is 0.768 e. The van der Waals surface area contributed by atoms with E-state index in [-0.39, 0.29) is 18.6 Å². The first kappa shape index (κ1) is 11.7. The van der Waals surface area contributed by atoms with Gasteiger partial charge in [-0.25, -0.2) is 0 Å². The first-order valence-electron chi connectivity index (χ1n) is 4.26. The third kappa shape index (κ3) is 4.61. The molecule has 0 saturated heterocycles. The van der Waals surface area contributed by atoms with E-state index < -0.39 is 7.60 Å². The van der Waals surface area contributed by atoms with E-state index in [1.807, 2.05) is 0 Å². The SMILES string of the molecule is N#CCNCP(=O)([O-])Oc1ccccc1. The molecule has 0 aromatic heterocycles. The highest BCUT2D eigenvalue weighted by Gasteiger charge is 2.08. The summed E-state index contributed by atoms with van der Waals surface area (Å²) in [6.07, 6.45) is -0.352. The van der Waals surface area contributed by atoms with Crippen molar-refractivity contribution in [3.63, 3.8) is 0 Å². The summed E-state index contributed by atoms with van der Waals surface area (Å²) in [5.74, 6) is 0.273. The Kier molecular flexibility index (Phi) is 4.32. The molecule has 0 radical (unpaired) electrons. The smallest absolute Gasteiger partial charge is 0.198 e. The van der Waals surface area contributed by atoms with Crippen molar-refractivity contribution in [2.45, 2.75) is 0 Å². The lowest BCUT2D eigenvalue weighted by molar-refractivity contribution is -0.191. The second-order valence-corrected chi connectivity index (χ2v) is 4.48. The molecule has 0 bridgehead atoms. The topological polar surface area (TPSA) is 85.2 Å². The fourth-order valence-electron chi connectivity index (χ4n) is 0.923. The van der Waals surface area contributed by atoms with Crippen molar-refractivity contribution in [2.75, 3.05) is 12.8 Å². The highest BCUT2D eigenvalue weighted by molar-refractivity contribution is 7.51. The van der Waals surface area contributed by atoms with E-state index in [0.717, 1.165) is 0 Å². The first-order chi connectivity index (χ1) is 7.14. The predicted octanol–water partition coefficient (Wildman–Crippen LogP) is 0.689. The average Bonchev–Trinajstić information content (AvgIpc) is 2.18. The molecule has 0 saturated carbocycles. The lowest BCUT2D eigenvalue weighted by Crippen LogP contribution is -2.23. The number of hydrogen-bond acceptors (Lipinski definition) is 5. The van der Waals surface area contributed by atoms with Crippen molar-refractivity contribution in [2.24, 2.45) is 0 Å². The monoisotopic (exact) mass is 225 g/mol. The van der Waals surface area contributed by atoms with Crippen molar-refractivity contribution in [3.05, 3.63) is 30.3 Å². The van der Waals surface area contributed by atoms with E-state index in [0.29, 0.717) is 0 Å². The van der Waals surface area contributed by atoms with Crippen LogP contribution < -0.4 is 14.7 Å². The Hall–Kier alpha value is -1.34. The van der Waals surface area contributed by atoms with Gasteiger partial charge in [-0.3, -0.25) is 9.88 Å². The van der Waals surface area contributed by atoms with Gasteiger partial charge in [0, 0.05) is 0 Å². The lowest BCUT2D eigenvalue weighted by Gasteiger charge is -2.23. The minimum Gasteiger partial charge on any atom is -0.768 e. The summed E-state index contributed by atoms with van der Waals surface area (Å²) in [7, 11) is -3.96. The zero-order chi connectivity index (χ0) is 11.1. The molecule has 5 nitrogen and oxygen atoms in total. The average molecular weight is 225 g/mol. The van der Waals surface area contributed by atoms with Gasteiger partial charge in [0.2, 0.25) is 0 Å². The Morgan fingerprint density at radius 3 is 2.73 bits per heavy atom. The van der Waals surface area contributed by atoms with E-state index in [1.165, 1.54) is 0 Å². The zero-order valence-corrected chi connectivity index (χ0v) is 8.81. The fraction of sp³-hybridized carbons (Fsp3) is 0.222. The van der Waals surface area contributed by atoms with Crippen LogP contribution in [-0.4, -0.2) is 12.8 Å². The third-order valence-electron chi connectivity index (χ3n) is 1.50. The van der Waals surface area contributed by atoms with Crippen LogP contribution in [0.15, 0.2) is 30.3 Å². The number of hydrogen-bond donors (Lipinski definition) is 1. The van der Waals surface area contributed by atoms with Crippen LogP contribution >= 0.6 is 7.60 Å². The summed E-state index contributed by atoms with van der Waals surface area (Å²) in [5.41, 5.74) is 0. The molecule has 1 unspecified atom stereocenters. The van der Waals surface area contributed by atoms with Crippen LogP contribution in [-0.2, 0) is 4.57 Å². The van der Waals surface area contributed by atoms with Gasteiger partial charge in [-0.1, -0.05) is 18.2 Å². The van der Waals surface area contributed by atoms with Crippen LogP contribution in [0.3, 0.4) is 0 Å². The molecule has 1 aromatic carbocycles. The Bertz CT molecular complexity index is 388. The van der Waals surface area contributed by atoms with Gasteiger partial charge in [0.25, 0.3) is 0 Å². The number of benzene rings is 1. The van der Waals surface area contributed by atoms with Crippen molar-refractivity contribution in [3.8, 4) is 11.8 Å². The second-order valence-electron chi connectivity index (χ2n) is 2.76. The minimum atomic E-state index is -3.96. The van der Waals surface area contributed by atoms with E-state index in [4.69, 9.17) is 9.79 Å². The molecule has 6 heteroatoms. The first-order valence-corrected chi connectivity index (χ1v) is 5.99. The third-order valence-corrected chi connectivity index (χ3v) is 2.60. The summed E-state index contributed by atoms with van der Waals surface area (Å²) >= 11 is 0. The van der Waals surface area contributed by atoms with Crippen LogP contribution in [0.25, 0.3) is 0 Å². The number of para-hydroxylation sites is 1. The van der Waals surface area contributed by atoms with Crippen LogP contribution in [0.2, 0.25) is 0 Å². The van der Waals surface area contributed by atoms with Crippen LogP contribution in [0.4, 0.5) is 0 Å². The molecule has 15 heavy (non-hydrogen) atoms. The van der Waals surface area contributed by atoms with Crippen molar-refractivity contribution >= 4 is 7.60 Å². The minimum absolute atomic E-state index is 0.0234. The highest BCUT2D eigenvalue weighted by atomic mass is 31.2. The lowest BCUT2D eigenvalue weighted by atomic mass is 10.3.